The Morgan fingerprint density at radius 2 is 1.81 bits per heavy atom. The van der Waals surface area contributed by atoms with Gasteiger partial charge in [0.15, 0.2) is 0 Å². The molecule has 1 aliphatic carbocycles. The van der Waals surface area contributed by atoms with Gasteiger partial charge in [0.25, 0.3) is 0 Å². The van der Waals surface area contributed by atoms with Gasteiger partial charge in [-0.3, -0.25) is 9.69 Å². The summed E-state index contributed by atoms with van der Waals surface area (Å²) >= 11 is 0. The van der Waals surface area contributed by atoms with Crippen molar-refractivity contribution in [3.8, 4) is 0 Å². The van der Waals surface area contributed by atoms with Crippen LogP contribution in [0, 0.1) is 11.8 Å². The van der Waals surface area contributed by atoms with Gasteiger partial charge in [0, 0.05) is 12.6 Å². The molecule has 3 unspecified atom stereocenters. The third kappa shape index (κ3) is 2.84. The number of benzene rings is 1. The normalized spacial score (nSPS) is 33.4. The number of nitrogens with zero attached hydrogens (tertiary/aromatic N) is 1. The molecule has 0 spiro atoms. The molecule has 3 heteroatoms. The van der Waals surface area contributed by atoms with Gasteiger partial charge in [0.1, 0.15) is 6.04 Å². The molecular weight excluding hydrogens is 262 g/mol. The maximum atomic E-state index is 11.9. The summed E-state index contributed by atoms with van der Waals surface area (Å²) < 4.78 is 0. The number of rotatable bonds is 2. The number of hydrogen-bond donors (Lipinski definition) is 1. The van der Waals surface area contributed by atoms with Crippen molar-refractivity contribution in [3.63, 3.8) is 0 Å². The molecule has 0 radical (unpaired) electrons. The summed E-state index contributed by atoms with van der Waals surface area (Å²) in [5.74, 6) is 0.698. The minimum atomic E-state index is -0.701. The number of carbonyl (C=O) groups is 1. The van der Waals surface area contributed by atoms with Gasteiger partial charge in [-0.2, -0.15) is 0 Å². The second-order valence-electron chi connectivity index (χ2n) is 7.00. The van der Waals surface area contributed by atoms with Gasteiger partial charge in [-0.25, -0.2) is 0 Å². The van der Waals surface area contributed by atoms with Crippen molar-refractivity contribution in [3.05, 3.63) is 35.4 Å². The lowest BCUT2D eigenvalue weighted by Crippen LogP contribution is -2.48. The molecule has 1 aromatic rings. The van der Waals surface area contributed by atoms with Crippen LogP contribution in [0.5, 0.6) is 0 Å². The predicted octanol–water partition coefficient (Wildman–Crippen LogP) is 3.50. The summed E-state index contributed by atoms with van der Waals surface area (Å²) in [6.45, 7) is 5.48. The summed E-state index contributed by atoms with van der Waals surface area (Å²) in [4.78, 5) is 14.2. The highest BCUT2D eigenvalue weighted by atomic mass is 16.4. The molecule has 21 heavy (non-hydrogen) atoms. The van der Waals surface area contributed by atoms with E-state index in [0.717, 1.165) is 31.4 Å². The Labute approximate surface area is 127 Å². The van der Waals surface area contributed by atoms with E-state index in [0.29, 0.717) is 17.9 Å². The van der Waals surface area contributed by atoms with E-state index >= 15 is 0 Å². The van der Waals surface area contributed by atoms with Crippen molar-refractivity contribution in [1.82, 2.24) is 4.90 Å². The first-order valence-corrected chi connectivity index (χ1v) is 8.12. The van der Waals surface area contributed by atoms with Crippen LogP contribution in [0.3, 0.4) is 0 Å². The predicted molar refractivity (Wildman–Crippen MR) is 83.2 cm³/mol. The lowest BCUT2D eigenvalue weighted by Gasteiger charge is -2.44. The Balaban J connectivity index is 1.90. The number of aliphatic carboxylic acids is 1. The van der Waals surface area contributed by atoms with E-state index in [2.05, 4.69) is 24.8 Å². The van der Waals surface area contributed by atoms with Gasteiger partial charge in [0.2, 0.25) is 0 Å². The standard InChI is InChI=1S/C18H25NO2/c1-12-9-13(2)11-15(10-12)19-8-7-14-5-3-4-6-16(14)17(19)18(20)21/h3-6,12-13,15,17H,7-11H2,1-2H3,(H,20,21). The maximum absolute atomic E-state index is 11.9. The van der Waals surface area contributed by atoms with Crippen molar-refractivity contribution in [2.24, 2.45) is 11.8 Å². The minimum Gasteiger partial charge on any atom is -0.480 e. The Morgan fingerprint density at radius 3 is 2.48 bits per heavy atom. The number of carboxylic acid groups (broad SMARTS) is 1. The Morgan fingerprint density at radius 1 is 1.14 bits per heavy atom. The zero-order valence-corrected chi connectivity index (χ0v) is 13.0. The van der Waals surface area contributed by atoms with E-state index in [-0.39, 0.29) is 0 Å². The van der Waals surface area contributed by atoms with E-state index < -0.39 is 12.0 Å². The fourth-order valence-electron chi connectivity index (χ4n) is 4.43. The largest absolute Gasteiger partial charge is 0.480 e. The summed E-state index contributed by atoms with van der Waals surface area (Å²) in [6.07, 6.45) is 4.52. The lowest BCUT2D eigenvalue weighted by atomic mass is 9.78. The van der Waals surface area contributed by atoms with Crippen molar-refractivity contribution in [1.29, 1.82) is 0 Å². The minimum absolute atomic E-state index is 0.415. The van der Waals surface area contributed by atoms with E-state index in [1.165, 1.54) is 12.0 Å². The lowest BCUT2D eigenvalue weighted by molar-refractivity contribution is -0.146. The van der Waals surface area contributed by atoms with Gasteiger partial charge in [0.05, 0.1) is 0 Å². The highest BCUT2D eigenvalue weighted by Gasteiger charge is 2.39. The molecule has 2 aliphatic rings. The van der Waals surface area contributed by atoms with Crippen LogP contribution in [-0.2, 0) is 11.2 Å². The fraction of sp³-hybridized carbons (Fsp3) is 0.611. The highest BCUT2D eigenvalue weighted by Crippen LogP contribution is 2.38. The SMILES string of the molecule is CC1CC(C)CC(N2CCc3ccccc3C2C(=O)O)C1. The number of fused-ring (bicyclic) bond motifs is 1. The van der Waals surface area contributed by atoms with E-state index in [9.17, 15) is 9.90 Å². The van der Waals surface area contributed by atoms with Crippen LogP contribution in [0.15, 0.2) is 24.3 Å². The van der Waals surface area contributed by atoms with Crippen LogP contribution in [0.25, 0.3) is 0 Å². The van der Waals surface area contributed by atoms with Crippen LogP contribution in [0.1, 0.15) is 50.3 Å². The molecule has 0 bridgehead atoms. The molecule has 114 valence electrons. The smallest absolute Gasteiger partial charge is 0.325 e. The monoisotopic (exact) mass is 287 g/mol. The van der Waals surface area contributed by atoms with Crippen LogP contribution in [-0.4, -0.2) is 28.6 Å². The second-order valence-corrected chi connectivity index (χ2v) is 7.00. The molecule has 3 atom stereocenters. The Kier molecular flexibility index (Phi) is 4.03. The third-order valence-corrected chi connectivity index (χ3v) is 5.18. The zero-order chi connectivity index (χ0) is 15.0. The van der Waals surface area contributed by atoms with E-state index in [1.807, 2.05) is 18.2 Å². The van der Waals surface area contributed by atoms with Gasteiger partial charge >= 0.3 is 5.97 Å². The first kappa shape index (κ1) is 14.6. The topological polar surface area (TPSA) is 40.5 Å². The molecule has 0 aromatic heterocycles. The van der Waals surface area contributed by atoms with Crippen LogP contribution in [0.2, 0.25) is 0 Å². The molecule has 1 aliphatic heterocycles. The summed E-state index contributed by atoms with van der Waals surface area (Å²) in [5, 5.41) is 9.78. The first-order chi connectivity index (χ1) is 10.1. The molecule has 1 fully saturated rings. The maximum Gasteiger partial charge on any atom is 0.325 e. The molecule has 3 rings (SSSR count). The quantitative estimate of drug-likeness (QED) is 0.905. The summed E-state index contributed by atoms with van der Waals surface area (Å²) in [6, 6.07) is 8.00. The van der Waals surface area contributed by atoms with Crippen LogP contribution < -0.4 is 0 Å². The molecule has 3 nitrogen and oxygen atoms in total. The third-order valence-electron chi connectivity index (χ3n) is 5.18. The van der Waals surface area contributed by atoms with Crippen molar-refractivity contribution < 1.29 is 9.90 Å². The Hall–Kier alpha value is -1.35. The first-order valence-electron chi connectivity index (χ1n) is 8.12. The van der Waals surface area contributed by atoms with E-state index in [4.69, 9.17) is 0 Å². The molecule has 0 saturated heterocycles. The van der Waals surface area contributed by atoms with Crippen molar-refractivity contribution >= 4 is 5.97 Å². The average molecular weight is 287 g/mol. The molecular formula is C18H25NO2. The van der Waals surface area contributed by atoms with Crippen molar-refractivity contribution in [2.75, 3.05) is 6.54 Å². The number of carboxylic acids is 1. The van der Waals surface area contributed by atoms with Gasteiger partial charge in [-0.05, 0) is 48.6 Å². The van der Waals surface area contributed by atoms with Crippen molar-refractivity contribution in [2.45, 2.75) is 51.6 Å². The Bertz CT molecular complexity index is 518. The van der Waals surface area contributed by atoms with Crippen LogP contribution in [0.4, 0.5) is 0 Å². The van der Waals surface area contributed by atoms with Gasteiger partial charge in [-0.15, -0.1) is 0 Å². The summed E-state index contributed by atoms with van der Waals surface area (Å²) in [7, 11) is 0. The zero-order valence-electron chi connectivity index (χ0n) is 13.0. The second kappa shape index (κ2) is 5.80. The molecule has 1 aromatic carbocycles. The van der Waals surface area contributed by atoms with Crippen LogP contribution >= 0.6 is 0 Å². The summed E-state index contributed by atoms with van der Waals surface area (Å²) in [5.41, 5.74) is 2.21. The average Bonchev–Trinajstić information content (AvgIpc) is 2.44. The van der Waals surface area contributed by atoms with Gasteiger partial charge < -0.3 is 5.11 Å². The molecule has 1 saturated carbocycles. The van der Waals surface area contributed by atoms with Gasteiger partial charge in [-0.1, -0.05) is 38.1 Å². The molecule has 0 amide bonds. The number of hydrogen-bond acceptors (Lipinski definition) is 2. The highest BCUT2D eigenvalue weighted by molar-refractivity contribution is 5.76. The fourth-order valence-corrected chi connectivity index (χ4v) is 4.43. The van der Waals surface area contributed by atoms with E-state index in [1.54, 1.807) is 0 Å². The molecule has 1 heterocycles. The molecule has 1 N–H and O–H groups in total.